The van der Waals surface area contributed by atoms with Crippen LogP contribution in [0.2, 0.25) is 0 Å². The third-order valence-electron chi connectivity index (χ3n) is 7.62. The first-order valence-electron chi connectivity index (χ1n) is 12.0. The van der Waals surface area contributed by atoms with Crippen LogP contribution in [0.4, 0.5) is 17.6 Å². The molecule has 0 aliphatic heterocycles. The van der Waals surface area contributed by atoms with Gasteiger partial charge < -0.3 is 9.29 Å². The average molecular weight is 532 g/mol. The molecule has 0 N–H and O–H groups in total. The van der Waals surface area contributed by atoms with Crippen LogP contribution in [0.3, 0.4) is 0 Å². The number of hydrogen-bond acceptors (Lipinski definition) is 4. The molecule has 4 nitrogen and oxygen atoms in total. The molecular formula is C27H35F4O4S-. The number of ether oxygens (including phenoxy) is 1. The third-order valence-corrected chi connectivity index (χ3v) is 8.48. The molecule has 2 aromatic rings. The van der Waals surface area contributed by atoms with Crippen LogP contribution < -0.4 is 4.74 Å². The summed E-state index contributed by atoms with van der Waals surface area (Å²) < 4.78 is 98.4. The van der Waals surface area contributed by atoms with Gasteiger partial charge in [-0.3, -0.25) is 0 Å². The summed E-state index contributed by atoms with van der Waals surface area (Å²) in [5.74, 6) is -10.2. The van der Waals surface area contributed by atoms with Crippen molar-refractivity contribution in [3.8, 4) is 11.5 Å². The predicted molar refractivity (Wildman–Crippen MR) is 131 cm³/mol. The highest BCUT2D eigenvalue weighted by Crippen LogP contribution is 2.48. The molecule has 0 saturated carbocycles. The second-order valence-corrected chi connectivity index (χ2v) is 12.4. The van der Waals surface area contributed by atoms with Gasteiger partial charge in [0.05, 0.1) is 0 Å². The molecule has 0 fully saturated rings. The topological polar surface area (TPSA) is 66.4 Å². The molecule has 0 aliphatic carbocycles. The first kappa shape index (κ1) is 30.1. The first-order chi connectivity index (χ1) is 16.3. The fourth-order valence-electron chi connectivity index (χ4n) is 3.72. The van der Waals surface area contributed by atoms with Gasteiger partial charge in [-0.05, 0) is 41.1 Å². The Morgan fingerprint density at radius 1 is 0.694 bits per heavy atom. The van der Waals surface area contributed by atoms with Gasteiger partial charge in [-0.2, -0.15) is 8.78 Å². The lowest BCUT2D eigenvalue weighted by molar-refractivity contribution is 0.332. The Morgan fingerprint density at radius 2 is 1.06 bits per heavy atom. The van der Waals surface area contributed by atoms with Crippen LogP contribution in [0, 0.1) is 23.3 Å². The highest BCUT2D eigenvalue weighted by molar-refractivity contribution is 7.85. The maximum absolute atomic E-state index is 15.0. The van der Waals surface area contributed by atoms with Crippen LogP contribution in [0.5, 0.6) is 11.5 Å². The van der Waals surface area contributed by atoms with Gasteiger partial charge in [-0.25, -0.2) is 17.2 Å². The maximum Gasteiger partial charge on any atom is 0.205 e. The van der Waals surface area contributed by atoms with Crippen molar-refractivity contribution < 1.29 is 35.3 Å². The Labute approximate surface area is 211 Å². The molecule has 2 rings (SSSR count). The molecule has 0 bridgehead atoms. The molecule has 0 unspecified atom stereocenters. The number of hydrogen-bond donors (Lipinski definition) is 0. The largest absolute Gasteiger partial charge is 0.744 e. The SMILES string of the molecule is CCC(C)(C)c1cc(C(C)(C)CC)c(Oc2c(F)c(F)c(S(=O)(=O)[O-])c(F)c2F)c(C(C)(C)CC)c1. The monoisotopic (exact) mass is 531 g/mol. The van der Waals surface area contributed by atoms with Crippen molar-refractivity contribution in [2.75, 3.05) is 0 Å². The minimum atomic E-state index is -5.83. The molecule has 0 aliphatic rings. The lowest BCUT2D eigenvalue weighted by atomic mass is 9.71. The van der Waals surface area contributed by atoms with E-state index in [1.807, 2.05) is 60.6 Å². The third kappa shape index (κ3) is 5.42. The minimum absolute atomic E-state index is 0.0404. The quantitative estimate of drug-likeness (QED) is 0.187. The van der Waals surface area contributed by atoms with Gasteiger partial charge in [-0.15, -0.1) is 0 Å². The van der Waals surface area contributed by atoms with E-state index in [0.29, 0.717) is 24.0 Å². The summed E-state index contributed by atoms with van der Waals surface area (Å²) in [6, 6.07) is 3.77. The molecule has 0 amide bonds. The Kier molecular flexibility index (Phi) is 8.33. The van der Waals surface area contributed by atoms with Crippen molar-refractivity contribution in [1.29, 1.82) is 0 Å². The lowest BCUT2D eigenvalue weighted by Gasteiger charge is -2.36. The molecule has 0 spiro atoms. The number of benzene rings is 2. The van der Waals surface area contributed by atoms with E-state index < -0.39 is 54.9 Å². The molecule has 9 heteroatoms. The van der Waals surface area contributed by atoms with Crippen LogP contribution in [0.1, 0.15) is 98.3 Å². The highest BCUT2D eigenvalue weighted by Gasteiger charge is 2.36. The van der Waals surface area contributed by atoms with Crippen molar-refractivity contribution in [3.63, 3.8) is 0 Å². The van der Waals surface area contributed by atoms with Gasteiger partial charge in [0.1, 0.15) is 20.8 Å². The number of halogens is 4. The van der Waals surface area contributed by atoms with E-state index in [0.717, 1.165) is 12.0 Å². The standard InChI is InChI=1S/C27H36F4O4S/c1-10-25(4,5)15-13-16(26(6,7)11-2)22(17(14-15)27(8,9)12-3)35-23-18(28)20(30)24(36(32,33)34)21(31)19(23)29/h13-14H,10-12H2,1-9H3,(H,32,33,34)/p-1. The summed E-state index contributed by atoms with van der Waals surface area (Å²) in [4.78, 5) is -2.21. The van der Waals surface area contributed by atoms with Crippen LogP contribution in [-0.4, -0.2) is 13.0 Å². The van der Waals surface area contributed by atoms with E-state index >= 15 is 0 Å². The summed E-state index contributed by atoms with van der Waals surface area (Å²) >= 11 is 0. The molecule has 0 radical (unpaired) electrons. The van der Waals surface area contributed by atoms with Crippen LogP contribution in [0.15, 0.2) is 17.0 Å². The van der Waals surface area contributed by atoms with Crippen molar-refractivity contribution >= 4 is 10.1 Å². The molecule has 36 heavy (non-hydrogen) atoms. The molecule has 0 saturated heterocycles. The van der Waals surface area contributed by atoms with Crippen LogP contribution in [-0.2, 0) is 26.4 Å². The Balaban J connectivity index is 3.05. The van der Waals surface area contributed by atoms with E-state index in [9.17, 15) is 30.5 Å². The van der Waals surface area contributed by atoms with Crippen molar-refractivity contribution in [2.45, 2.75) is 103 Å². The summed E-state index contributed by atoms with van der Waals surface area (Å²) in [6.07, 6.45) is 2.01. The summed E-state index contributed by atoms with van der Waals surface area (Å²) in [6.45, 7) is 17.7. The Hall–Kier alpha value is -2.13. The lowest BCUT2D eigenvalue weighted by Crippen LogP contribution is -2.26. The van der Waals surface area contributed by atoms with Gasteiger partial charge >= 0.3 is 0 Å². The van der Waals surface area contributed by atoms with Crippen LogP contribution >= 0.6 is 0 Å². The molecular weight excluding hydrogens is 496 g/mol. The smallest absolute Gasteiger partial charge is 0.205 e. The first-order valence-corrected chi connectivity index (χ1v) is 13.4. The zero-order chi connectivity index (χ0) is 28.0. The second kappa shape index (κ2) is 9.97. The molecule has 0 heterocycles. The van der Waals surface area contributed by atoms with Gasteiger partial charge in [0.25, 0.3) is 0 Å². The van der Waals surface area contributed by atoms with Crippen LogP contribution in [0.25, 0.3) is 0 Å². The van der Waals surface area contributed by atoms with Gasteiger partial charge in [0, 0.05) is 11.1 Å². The highest BCUT2D eigenvalue weighted by atomic mass is 32.2. The van der Waals surface area contributed by atoms with Crippen molar-refractivity contribution in [3.05, 3.63) is 52.1 Å². The maximum atomic E-state index is 15.0. The predicted octanol–water partition coefficient (Wildman–Crippen LogP) is 8.00. The van der Waals surface area contributed by atoms with Gasteiger partial charge in [0.2, 0.25) is 17.4 Å². The van der Waals surface area contributed by atoms with E-state index in [2.05, 4.69) is 13.8 Å². The summed E-state index contributed by atoms with van der Waals surface area (Å²) in [5, 5.41) is 0. The fraction of sp³-hybridized carbons (Fsp3) is 0.556. The zero-order valence-electron chi connectivity index (χ0n) is 22.3. The fourth-order valence-corrected chi connectivity index (χ4v) is 4.34. The van der Waals surface area contributed by atoms with E-state index in [-0.39, 0.29) is 11.2 Å². The van der Waals surface area contributed by atoms with Crippen molar-refractivity contribution in [1.82, 2.24) is 0 Å². The summed E-state index contributed by atoms with van der Waals surface area (Å²) in [5.41, 5.74) is 0.735. The van der Waals surface area contributed by atoms with Gasteiger partial charge in [-0.1, -0.05) is 74.4 Å². The average Bonchev–Trinajstić information content (AvgIpc) is 2.79. The molecule has 2 aromatic carbocycles. The zero-order valence-corrected chi connectivity index (χ0v) is 23.1. The Morgan fingerprint density at radius 3 is 1.36 bits per heavy atom. The molecule has 0 aromatic heterocycles. The van der Waals surface area contributed by atoms with Crippen molar-refractivity contribution in [2.24, 2.45) is 0 Å². The minimum Gasteiger partial charge on any atom is -0.744 e. The normalized spacial score (nSPS) is 13.3. The second-order valence-electron chi connectivity index (χ2n) is 11.1. The Bertz CT molecular complexity index is 1200. The molecule has 0 atom stereocenters. The van der Waals surface area contributed by atoms with E-state index in [1.165, 1.54) is 0 Å². The number of rotatable bonds is 9. The van der Waals surface area contributed by atoms with Gasteiger partial charge in [0.15, 0.2) is 11.6 Å². The molecule has 202 valence electrons. The summed E-state index contributed by atoms with van der Waals surface area (Å²) in [7, 11) is -5.83. The van der Waals surface area contributed by atoms with E-state index in [1.54, 1.807) is 0 Å². The van der Waals surface area contributed by atoms with E-state index in [4.69, 9.17) is 4.74 Å².